The van der Waals surface area contributed by atoms with Gasteiger partial charge in [-0.15, -0.1) is 0 Å². The van der Waals surface area contributed by atoms with Crippen LogP contribution < -0.4 is 15.9 Å². The van der Waals surface area contributed by atoms with Crippen LogP contribution in [0.5, 0.6) is 0 Å². The highest BCUT2D eigenvalue weighted by Gasteiger charge is 2.08. The van der Waals surface area contributed by atoms with Crippen LogP contribution in [0.4, 0.5) is 5.69 Å². The number of nitrogens with zero attached hydrogens (tertiary/aromatic N) is 4. The molecule has 0 saturated heterocycles. The summed E-state index contributed by atoms with van der Waals surface area (Å²) in [5, 5.41) is 14.2. The number of hydrogen-bond donors (Lipinski definition) is 2. The number of carbonyl (C=O) groups excluding carboxylic acids is 1. The van der Waals surface area contributed by atoms with E-state index in [0.717, 1.165) is 45.7 Å². The van der Waals surface area contributed by atoms with E-state index in [2.05, 4.69) is 45.4 Å². The average molecular weight is 481 g/mol. The van der Waals surface area contributed by atoms with Crippen molar-refractivity contribution in [1.82, 2.24) is 19.9 Å². The SMILES string of the molecule is C\C=C(/C=c1/c(-c2ccnc(C#N)c2)c[nH]/c1=C\CCC)c1cncc(NC(=O)/C=C/CN(C)C)c1. The van der Waals surface area contributed by atoms with E-state index in [4.69, 9.17) is 0 Å². The molecule has 0 atom stereocenters. The predicted molar refractivity (Wildman–Crippen MR) is 146 cm³/mol. The molecule has 3 aromatic rings. The smallest absolute Gasteiger partial charge is 0.248 e. The van der Waals surface area contributed by atoms with E-state index in [1.165, 1.54) is 6.08 Å². The van der Waals surface area contributed by atoms with Gasteiger partial charge in [-0.1, -0.05) is 31.6 Å². The van der Waals surface area contributed by atoms with Gasteiger partial charge in [0.2, 0.25) is 5.91 Å². The van der Waals surface area contributed by atoms with Crippen molar-refractivity contribution in [2.24, 2.45) is 0 Å². The van der Waals surface area contributed by atoms with Gasteiger partial charge >= 0.3 is 0 Å². The van der Waals surface area contributed by atoms with Crippen molar-refractivity contribution in [3.63, 3.8) is 0 Å². The van der Waals surface area contributed by atoms with Crippen LogP contribution in [-0.4, -0.2) is 46.4 Å². The van der Waals surface area contributed by atoms with E-state index in [-0.39, 0.29) is 5.91 Å². The van der Waals surface area contributed by atoms with Crippen molar-refractivity contribution >= 4 is 29.3 Å². The molecule has 184 valence electrons. The molecule has 2 N–H and O–H groups in total. The number of H-pyrrole nitrogens is 1. The molecule has 3 aromatic heterocycles. The van der Waals surface area contributed by atoms with Gasteiger partial charge < -0.3 is 15.2 Å². The average Bonchev–Trinajstić information content (AvgIpc) is 3.28. The molecule has 36 heavy (non-hydrogen) atoms. The second-order valence-electron chi connectivity index (χ2n) is 8.57. The molecule has 3 heterocycles. The van der Waals surface area contributed by atoms with Crippen LogP contribution in [0.25, 0.3) is 28.9 Å². The summed E-state index contributed by atoms with van der Waals surface area (Å²) in [5.74, 6) is -0.197. The number of anilines is 1. The number of unbranched alkanes of at least 4 members (excludes halogenated alkanes) is 1. The molecule has 0 unspecified atom stereocenters. The van der Waals surface area contributed by atoms with Gasteiger partial charge in [0.25, 0.3) is 0 Å². The lowest BCUT2D eigenvalue weighted by atomic mass is 10.0. The second kappa shape index (κ2) is 13.0. The van der Waals surface area contributed by atoms with E-state index >= 15 is 0 Å². The summed E-state index contributed by atoms with van der Waals surface area (Å²) >= 11 is 0. The van der Waals surface area contributed by atoms with Gasteiger partial charge in [-0.3, -0.25) is 9.78 Å². The van der Waals surface area contributed by atoms with E-state index in [1.54, 1.807) is 24.7 Å². The van der Waals surface area contributed by atoms with Crippen molar-refractivity contribution in [3.05, 3.63) is 83.0 Å². The summed E-state index contributed by atoms with van der Waals surface area (Å²) < 4.78 is 0. The zero-order valence-electron chi connectivity index (χ0n) is 21.2. The van der Waals surface area contributed by atoms with Crippen molar-refractivity contribution < 1.29 is 4.79 Å². The van der Waals surface area contributed by atoms with Crippen molar-refractivity contribution in [2.75, 3.05) is 26.0 Å². The Balaban J connectivity index is 2.02. The van der Waals surface area contributed by atoms with Crippen molar-refractivity contribution in [3.8, 4) is 17.2 Å². The summed E-state index contributed by atoms with van der Waals surface area (Å²) in [6.45, 7) is 4.81. The Morgan fingerprint density at radius 3 is 2.83 bits per heavy atom. The Hall–Kier alpha value is -4.28. The molecule has 0 bridgehead atoms. The fourth-order valence-corrected chi connectivity index (χ4v) is 3.67. The zero-order valence-corrected chi connectivity index (χ0v) is 21.2. The summed E-state index contributed by atoms with van der Waals surface area (Å²) in [5.41, 5.74) is 4.74. The number of allylic oxidation sites excluding steroid dienone is 2. The number of nitriles is 1. The third kappa shape index (κ3) is 7.11. The number of nitrogens with one attached hydrogen (secondary N) is 2. The van der Waals surface area contributed by atoms with Crippen LogP contribution in [-0.2, 0) is 4.79 Å². The number of pyridine rings is 2. The second-order valence-corrected chi connectivity index (χ2v) is 8.57. The van der Waals surface area contributed by atoms with E-state index in [0.29, 0.717) is 17.9 Å². The van der Waals surface area contributed by atoms with E-state index < -0.39 is 0 Å². The molecule has 0 radical (unpaired) electrons. The van der Waals surface area contributed by atoms with E-state index in [9.17, 15) is 10.1 Å². The Labute approximate surface area is 212 Å². The molecule has 0 spiro atoms. The normalized spacial score (nSPS) is 12.9. The first-order valence-electron chi connectivity index (χ1n) is 11.9. The highest BCUT2D eigenvalue weighted by Crippen LogP contribution is 2.20. The van der Waals surface area contributed by atoms with Crippen molar-refractivity contribution in [1.29, 1.82) is 5.26 Å². The van der Waals surface area contributed by atoms with Crippen LogP contribution in [0, 0.1) is 11.3 Å². The van der Waals surface area contributed by atoms with Gasteiger partial charge in [0.05, 0.1) is 11.9 Å². The molecule has 1 amide bonds. The molecule has 3 rings (SSSR count). The molecular formula is C29H32N6O. The molecule has 0 aliphatic carbocycles. The van der Waals surface area contributed by atoms with Crippen LogP contribution in [0.3, 0.4) is 0 Å². The van der Waals surface area contributed by atoms with Gasteiger partial charge in [-0.05, 0) is 62.9 Å². The highest BCUT2D eigenvalue weighted by atomic mass is 16.1. The number of likely N-dealkylation sites (N-methyl/N-ethyl adjacent to an activating group) is 1. The monoisotopic (exact) mass is 480 g/mol. The summed E-state index contributed by atoms with van der Waals surface area (Å²) in [7, 11) is 3.90. The van der Waals surface area contributed by atoms with Gasteiger partial charge in [0.1, 0.15) is 11.8 Å². The third-order valence-electron chi connectivity index (χ3n) is 5.46. The first-order valence-corrected chi connectivity index (χ1v) is 11.9. The third-order valence-corrected chi connectivity index (χ3v) is 5.46. The summed E-state index contributed by atoms with van der Waals surface area (Å²) in [6.07, 6.45) is 18.7. The van der Waals surface area contributed by atoms with Gasteiger partial charge in [-0.25, -0.2) is 4.98 Å². The highest BCUT2D eigenvalue weighted by molar-refractivity contribution is 6.00. The minimum absolute atomic E-state index is 0.197. The maximum atomic E-state index is 12.3. The molecular weight excluding hydrogens is 448 g/mol. The maximum Gasteiger partial charge on any atom is 0.248 e. The largest absolute Gasteiger partial charge is 0.361 e. The number of amides is 1. The van der Waals surface area contributed by atoms with Crippen LogP contribution in [0.15, 0.2) is 61.2 Å². The molecule has 0 aliphatic heterocycles. The first-order chi connectivity index (χ1) is 17.4. The van der Waals surface area contributed by atoms with Crippen LogP contribution >= 0.6 is 0 Å². The fraction of sp³-hybridized carbons (Fsp3) is 0.241. The minimum Gasteiger partial charge on any atom is -0.361 e. The number of carbonyl (C=O) groups is 1. The quantitative estimate of drug-likeness (QED) is 0.453. The Bertz CT molecular complexity index is 1420. The minimum atomic E-state index is -0.197. The maximum absolute atomic E-state index is 12.3. The fourth-order valence-electron chi connectivity index (χ4n) is 3.67. The van der Waals surface area contributed by atoms with Gasteiger partial charge in [-0.2, -0.15) is 5.26 Å². The number of rotatable bonds is 9. The van der Waals surface area contributed by atoms with E-state index in [1.807, 2.05) is 56.4 Å². The molecule has 7 nitrogen and oxygen atoms in total. The zero-order chi connectivity index (χ0) is 25.9. The number of aromatic nitrogens is 3. The number of hydrogen-bond acceptors (Lipinski definition) is 5. The number of aromatic amines is 1. The molecule has 0 aliphatic rings. The molecule has 0 saturated carbocycles. The summed E-state index contributed by atoms with van der Waals surface area (Å²) in [6, 6.07) is 7.73. The Morgan fingerprint density at radius 1 is 1.28 bits per heavy atom. The lowest BCUT2D eigenvalue weighted by Gasteiger charge is -2.07. The van der Waals surface area contributed by atoms with Crippen LogP contribution in [0.2, 0.25) is 0 Å². The summed E-state index contributed by atoms with van der Waals surface area (Å²) in [4.78, 5) is 26.1. The first kappa shape index (κ1) is 26.3. The van der Waals surface area contributed by atoms with Crippen molar-refractivity contribution in [2.45, 2.75) is 26.7 Å². The molecule has 0 fully saturated rings. The lowest BCUT2D eigenvalue weighted by molar-refractivity contribution is -0.111. The standard InChI is InChI=1S/C29H32N6O/c1-5-7-9-28-26(27(20-33-28)22-11-12-32-24(14-22)17-30)16-21(6-2)23-15-25(19-31-18-23)34-29(36)10-8-13-35(3)4/h6,8-12,14-16,18-20,33H,5,7,13H2,1-4H3,(H,34,36)/b10-8+,21-6+,26-16-,28-9-. The van der Waals surface area contributed by atoms with Gasteiger partial charge in [0.15, 0.2) is 0 Å². The topological polar surface area (TPSA) is 97.7 Å². The van der Waals surface area contributed by atoms with Gasteiger partial charge in [0, 0.05) is 52.9 Å². The molecule has 7 heteroatoms. The Kier molecular flexibility index (Phi) is 9.49. The Morgan fingerprint density at radius 2 is 2.11 bits per heavy atom. The molecule has 0 aromatic carbocycles. The van der Waals surface area contributed by atoms with Crippen LogP contribution in [0.1, 0.15) is 37.9 Å². The predicted octanol–water partition coefficient (Wildman–Crippen LogP) is 3.86. The lowest BCUT2D eigenvalue weighted by Crippen LogP contribution is -2.24.